The van der Waals surface area contributed by atoms with E-state index in [1.807, 2.05) is 30.3 Å². The molecule has 5 heteroatoms. The lowest BCUT2D eigenvalue weighted by Crippen LogP contribution is -2.54. The highest BCUT2D eigenvalue weighted by atomic mass is 16.7. The normalized spacial score (nSPS) is 31.1. The van der Waals surface area contributed by atoms with Gasteiger partial charge >= 0.3 is 5.97 Å². The number of ether oxygens (including phenoxy) is 4. The molecular formula is C26H28O5. The molecule has 0 spiro atoms. The third kappa shape index (κ3) is 3.32. The van der Waals surface area contributed by atoms with Gasteiger partial charge in [-0.1, -0.05) is 49.8 Å². The fourth-order valence-electron chi connectivity index (χ4n) is 5.51. The molecule has 5 rings (SSSR count). The highest BCUT2D eigenvalue weighted by Crippen LogP contribution is 2.56. The second kappa shape index (κ2) is 7.72. The van der Waals surface area contributed by atoms with Crippen LogP contribution < -0.4 is 9.47 Å². The number of benzene rings is 2. The molecule has 3 aliphatic rings. The Kier molecular flexibility index (Phi) is 5.01. The molecule has 2 aliphatic heterocycles. The Hall–Kier alpha value is -2.79. The minimum absolute atomic E-state index is 0.0637. The van der Waals surface area contributed by atoms with E-state index in [9.17, 15) is 4.79 Å². The smallest absolute Gasteiger partial charge is 0.338 e. The molecular weight excluding hydrogens is 392 g/mol. The quantitative estimate of drug-likeness (QED) is 0.504. The van der Waals surface area contributed by atoms with Crippen LogP contribution in [0.25, 0.3) is 0 Å². The van der Waals surface area contributed by atoms with Crippen molar-refractivity contribution in [2.45, 2.75) is 26.9 Å². The Balaban J connectivity index is 1.40. The zero-order valence-electron chi connectivity index (χ0n) is 18.2. The van der Waals surface area contributed by atoms with E-state index < -0.39 is 0 Å². The van der Waals surface area contributed by atoms with Gasteiger partial charge in [-0.3, -0.25) is 0 Å². The Bertz CT molecular complexity index is 1010. The van der Waals surface area contributed by atoms with Crippen LogP contribution in [-0.2, 0) is 9.47 Å². The summed E-state index contributed by atoms with van der Waals surface area (Å²) in [5.74, 6) is 2.02. The Morgan fingerprint density at radius 3 is 2.68 bits per heavy atom. The molecule has 0 saturated carbocycles. The van der Waals surface area contributed by atoms with Crippen molar-refractivity contribution in [3.05, 3.63) is 71.3 Å². The van der Waals surface area contributed by atoms with Crippen LogP contribution in [0.5, 0.6) is 11.5 Å². The first kappa shape index (κ1) is 20.1. The molecule has 1 saturated heterocycles. The molecule has 5 atom stereocenters. The minimum Gasteiger partial charge on any atom is -0.461 e. The average molecular weight is 421 g/mol. The number of esters is 1. The summed E-state index contributed by atoms with van der Waals surface area (Å²) in [6.45, 7) is 7.81. The average Bonchev–Trinajstić information content (AvgIpc) is 3.25. The number of fused-ring (bicyclic) bond motifs is 3. The summed E-state index contributed by atoms with van der Waals surface area (Å²) in [5, 5.41) is 0. The maximum Gasteiger partial charge on any atom is 0.338 e. The van der Waals surface area contributed by atoms with Gasteiger partial charge in [0.05, 0.1) is 18.3 Å². The summed E-state index contributed by atoms with van der Waals surface area (Å²) in [6, 6.07) is 15.2. The van der Waals surface area contributed by atoms with Crippen molar-refractivity contribution in [1.82, 2.24) is 0 Å². The molecule has 2 aromatic carbocycles. The van der Waals surface area contributed by atoms with Gasteiger partial charge in [0, 0.05) is 11.3 Å². The molecule has 1 fully saturated rings. The van der Waals surface area contributed by atoms with Gasteiger partial charge in [-0.15, -0.1) is 0 Å². The highest BCUT2D eigenvalue weighted by molar-refractivity contribution is 5.89. The van der Waals surface area contributed by atoms with Gasteiger partial charge in [0.1, 0.15) is 6.61 Å². The zero-order chi connectivity index (χ0) is 21.6. The molecule has 0 aromatic heterocycles. The summed E-state index contributed by atoms with van der Waals surface area (Å²) >= 11 is 0. The van der Waals surface area contributed by atoms with E-state index in [1.165, 1.54) is 5.57 Å². The van der Waals surface area contributed by atoms with Gasteiger partial charge in [-0.2, -0.15) is 0 Å². The molecule has 0 amide bonds. The van der Waals surface area contributed by atoms with Gasteiger partial charge in [-0.25, -0.2) is 4.79 Å². The number of carbonyl (C=O) groups excluding carboxylic acids is 1. The van der Waals surface area contributed by atoms with Crippen LogP contribution in [0.15, 0.2) is 60.2 Å². The minimum atomic E-state index is -0.282. The molecule has 0 radical (unpaired) electrons. The molecule has 0 N–H and O–H groups in total. The summed E-state index contributed by atoms with van der Waals surface area (Å²) < 4.78 is 23.4. The van der Waals surface area contributed by atoms with E-state index in [0.29, 0.717) is 24.7 Å². The molecule has 1 aliphatic carbocycles. The van der Waals surface area contributed by atoms with E-state index in [-0.39, 0.29) is 36.1 Å². The van der Waals surface area contributed by atoms with Gasteiger partial charge in [0.2, 0.25) is 6.79 Å². The molecule has 31 heavy (non-hydrogen) atoms. The van der Waals surface area contributed by atoms with Gasteiger partial charge < -0.3 is 18.9 Å². The maximum absolute atomic E-state index is 12.6. The van der Waals surface area contributed by atoms with Crippen molar-refractivity contribution in [1.29, 1.82) is 0 Å². The van der Waals surface area contributed by atoms with Crippen LogP contribution in [0.4, 0.5) is 0 Å². The lowest BCUT2D eigenvalue weighted by atomic mass is 9.56. The van der Waals surface area contributed by atoms with Crippen molar-refractivity contribution in [2.75, 3.05) is 20.0 Å². The molecule has 0 unspecified atom stereocenters. The number of hydrogen-bond acceptors (Lipinski definition) is 5. The predicted molar refractivity (Wildman–Crippen MR) is 116 cm³/mol. The third-order valence-corrected chi connectivity index (χ3v) is 7.46. The Morgan fingerprint density at radius 1 is 1.10 bits per heavy atom. The first-order valence-corrected chi connectivity index (χ1v) is 10.9. The van der Waals surface area contributed by atoms with Crippen LogP contribution >= 0.6 is 0 Å². The summed E-state index contributed by atoms with van der Waals surface area (Å²) in [6.07, 6.45) is 2.27. The van der Waals surface area contributed by atoms with Crippen molar-refractivity contribution < 1.29 is 23.7 Å². The molecule has 2 aromatic rings. The van der Waals surface area contributed by atoms with Crippen LogP contribution in [0.2, 0.25) is 0 Å². The van der Waals surface area contributed by atoms with Crippen LogP contribution in [0.3, 0.4) is 0 Å². The predicted octanol–water partition coefficient (Wildman–Crippen LogP) is 5.18. The van der Waals surface area contributed by atoms with Crippen molar-refractivity contribution in [2.24, 2.45) is 23.2 Å². The molecule has 2 heterocycles. The largest absolute Gasteiger partial charge is 0.461 e. The van der Waals surface area contributed by atoms with Gasteiger partial charge in [0.25, 0.3) is 0 Å². The van der Waals surface area contributed by atoms with Crippen LogP contribution in [-0.4, -0.2) is 26.0 Å². The second-order valence-electron chi connectivity index (χ2n) is 9.03. The lowest BCUT2D eigenvalue weighted by molar-refractivity contribution is -0.166. The molecule has 162 valence electrons. The van der Waals surface area contributed by atoms with E-state index >= 15 is 0 Å². The SMILES string of the molecule is CC1=C[C@@H](C)[C@@]2(COC(=O)c3ccccc3)CO[C@H](c3ccc4c(c3)OCO4)[C@H]1[C@@H]2C. The number of carbonyl (C=O) groups is 1. The first-order valence-electron chi connectivity index (χ1n) is 10.9. The van der Waals surface area contributed by atoms with Gasteiger partial charge in [0.15, 0.2) is 11.5 Å². The van der Waals surface area contributed by atoms with E-state index in [1.54, 1.807) is 12.1 Å². The highest BCUT2D eigenvalue weighted by Gasteiger charge is 2.54. The fourth-order valence-corrected chi connectivity index (χ4v) is 5.51. The monoisotopic (exact) mass is 420 g/mol. The summed E-state index contributed by atoms with van der Waals surface area (Å²) in [5.41, 5.74) is 2.75. The van der Waals surface area contributed by atoms with Crippen LogP contribution in [0, 0.1) is 23.2 Å². The van der Waals surface area contributed by atoms with E-state index in [4.69, 9.17) is 18.9 Å². The number of rotatable bonds is 4. The number of hydrogen-bond donors (Lipinski definition) is 0. The summed E-state index contributed by atoms with van der Waals surface area (Å²) in [7, 11) is 0. The maximum atomic E-state index is 12.6. The Morgan fingerprint density at radius 2 is 1.87 bits per heavy atom. The van der Waals surface area contributed by atoms with E-state index in [2.05, 4.69) is 32.9 Å². The van der Waals surface area contributed by atoms with Crippen LogP contribution in [0.1, 0.15) is 42.8 Å². The molecule has 5 nitrogen and oxygen atoms in total. The third-order valence-electron chi connectivity index (χ3n) is 7.46. The van der Waals surface area contributed by atoms with Gasteiger partial charge in [-0.05, 0) is 48.6 Å². The summed E-state index contributed by atoms with van der Waals surface area (Å²) in [4.78, 5) is 12.6. The first-order chi connectivity index (χ1) is 15.0. The zero-order valence-corrected chi connectivity index (χ0v) is 18.2. The topological polar surface area (TPSA) is 54.0 Å². The Labute approximate surface area is 183 Å². The fraction of sp³-hybridized carbons (Fsp3) is 0.423. The van der Waals surface area contributed by atoms with Crippen molar-refractivity contribution >= 4 is 5.97 Å². The second-order valence-corrected chi connectivity index (χ2v) is 9.03. The lowest BCUT2D eigenvalue weighted by Gasteiger charge is -2.55. The van der Waals surface area contributed by atoms with Crippen molar-refractivity contribution in [3.8, 4) is 11.5 Å². The molecule has 2 bridgehead atoms. The van der Waals surface area contributed by atoms with Crippen molar-refractivity contribution in [3.63, 3.8) is 0 Å². The number of allylic oxidation sites excluding steroid dienone is 1. The van der Waals surface area contributed by atoms with E-state index in [0.717, 1.165) is 17.1 Å². The standard InChI is InChI=1S/C26H28O5/c1-16-11-17(2)26(14-29-25(27)19-7-5-4-6-8-19)13-28-24(23(16)18(26)3)20-9-10-21-22(12-20)31-15-30-21/h4-12,17-18,23-24H,13-15H2,1-3H3/t17-,18+,23-,24-,26+/m1/s1.